The van der Waals surface area contributed by atoms with Crippen LogP contribution in [-0.2, 0) is 16.4 Å². The molecule has 1 aliphatic carbocycles. The second-order valence-electron chi connectivity index (χ2n) is 6.17. The van der Waals surface area contributed by atoms with Crippen LogP contribution in [0.5, 0.6) is 0 Å². The van der Waals surface area contributed by atoms with Crippen molar-refractivity contribution in [3.8, 4) is 0 Å². The van der Waals surface area contributed by atoms with Crippen LogP contribution in [0.15, 0.2) is 24.5 Å². The van der Waals surface area contributed by atoms with Crippen molar-refractivity contribution in [2.45, 2.75) is 44.6 Å². The highest BCUT2D eigenvalue weighted by molar-refractivity contribution is 7.89. The molecule has 0 spiro atoms. The van der Waals surface area contributed by atoms with Gasteiger partial charge in [-0.15, -0.1) is 0 Å². The first-order valence-corrected chi connectivity index (χ1v) is 9.11. The minimum atomic E-state index is -3.40. The molecule has 118 valence electrons. The van der Waals surface area contributed by atoms with Crippen LogP contribution in [0.25, 0.3) is 0 Å². The SMILES string of the molecule is CC1CCCC(CO)(NS(=O)(=O)CCc2ccncc2)C1. The van der Waals surface area contributed by atoms with Gasteiger partial charge in [0.2, 0.25) is 10.0 Å². The van der Waals surface area contributed by atoms with Crippen LogP contribution < -0.4 is 4.72 Å². The van der Waals surface area contributed by atoms with Crippen LogP contribution in [0.2, 0.25) is 0 Å². The summed E-state index contributed by atoms with van der Waals surface area (Å²) in [6, 6.07) is 3.64. The van der Waals surface area contributed by atoms with Gasteiger partial charge in [0.05, 0.1) is 17.9 Å². The monoisotopic (exact) mass is 312 g/mol. The lowest BCUT2D eigenvalue weighted by atomic mass is 9.78. The Morgan fingerprint density at radius 3 is 2.76 bits per heavy atom. The molecule has 2 atom stereocenters. The fourth-order valence-electron chi connectivity index (χ4n) is 3.11. The van der Waals surface area contributed by atoms with Gasteiger partial charge in [-0.3, -0.25) is 4.98 Å². The molecule has 0 amide bonds. The van der Waals surface area contributed by atoms with Crippen LogP contribution in [0.4, 0.5) is 0 Å². The van der Waals surface area contributed by atoms with Gasteiger partial charge in [0.1, 0.15) is 0 Å². The summed E-state index contributed by atoms with van der Waals surface area (Å²) >= 11 is 0. The van der Waals surface area contributed by atoms with Crippen molar-refractivity contribution < 1.29 is 13.5 Å². The van der Waals surface area contributed by atoms with Crippen LogP contribution in [-0.4, -0.2) is 36.4 Å². The van der Waals surface area contributed by atoms with E-state index in [2.05, 4.69) is 16.6 Å². The third-order valence-corrected chi connectivity index (χ3v) is 5.66. The number of aromatic nitrogens is 1. The molecular formula is C15H24N2O3S. The number of nitrogens with zero attached hydrogens (tertiary/aromatic N) is 1. The molecule has 0 radical (unpaired) electrons. The molecule has 2 N–H and O–H groups in total. The topological polar surface area (TPSA) is 79.3 Å². The highest BCUT2D eigenvalue weighted by Crippen LogP contribution is 2.32. The van der Waals surface area contributed by atoms with Gasteiger partial charge in [0.15, 0.2) is 0 Å². The lowest BCUT2D eigenvalue weighted by molar-refractivity contribution is 0.120. The Bertz CT molecular complexity index is 547. The molecule has 1 heterocycles. The molecule has 0 saturated heterocycles. The van der Waals surface area contributed by atoms with Gasteiger partial charge in [-0.2, -0.15) is 0 Å². The van der Waals surface area contributed by atoms with Crippen molar-refractivity contribution >= 4 is 10.0 Å². The zero-order chi connectivity index (χ0) is 15.3. The maximum absolute atomic E-state index is 12.3. The predicted molar refractivity (Wildman–Crippen MR) is 82.3 cm³/mol. The molecule has 1 aliphatic rings. The Hall–Kier alpha value is -0.980. The van der Waals surface area contributed by atoms with Gasteiger partial charge >= 0.3 is 0 Å². The van der Waals surface area contributed by atoms with E-state index in [1.807, 2.05) is 12.1 Å². The first-order valence-electron chi connectivity index (χ1n) is 7.46. The van der Waals surface area contributed by atoms with Gasteiger partial charge in [-0.1, -0.05) is 19.8 Å². The molecule has 1 fully saturated rings. The molecule has 0 aromatic carbocycles. The van der Waals surface area contributed by atoms with Crippen LogP contribution in [0.3, 0.4) is 0 Å². The number of rotatable bonds is 6. The summed E-state index contributed by atoms with van der Waals surface area (Å²) in [6.45, 7) is 1.97. The largest absolute Gasteiger partial charge is 0.394 e. The molecule has 6 heteroatoms. The Labute approximate surface area is 126 Å². The second kappa shape index (κ2) is 6.85. The first kappa shape index (κ1) is 16.4. The number of aliphatic hydroxyl groups excluding tert-OH is 1. The number of aryl methyl sites for hydroxylation is 1. The molecule has 0 aliphatic heterocycles. The van der Waals surface area contributed by atoms with E-state index >= 15 is 0 Å². The lowest BCUT2D eigenvalue weighted by Crippen LogP contribution is -2.54. The average molecular weight is 312 g/mol. The van der Waals surface area contributed by atoms with Crippen molar-refractivity contribution in [1.29, 1.82) is 0 Å². The summed E-state index contributed by atoms with van der Waals surface area (Å²) < 4.78 is 27.4. The van der Waals surface area contributed by atoms with Crippen molar-refractivity contribution in [2.24, 2.45) is 5.92 Å². The fourth-order valence-corrected chi connectivity index (χ4v) is 4.63. The van der Waals surface area contributed by atoms with Crippen molar-refractivity contribution in [2.75, 3.05) is 12.4 Å². The van der Waals surface area contributed by atoms with Crippen molar-refractivity contribution in [3.63, 3.8) is 0 Å². The minimum Gasteiger partial charge on any atom is -0.394 e. The highest BCUT2D eigenvalue weighted by atomic mass is 32.2. The molecule has 1 aromatic heterocycles. The van der Waals surface area contributed by atoms with E-state index in [9.17, 15) is 13.5 Å². The average Bonchev–Trinajstić information content (AvgIpc) is 2.46. The third-order valence-electron chi connectivity index (χ3n) is 4.17. The molecule has 1 saturated carbocycles. The fraction of sp³-hybridized carbons (Fsp3) is 0.667. The van der Waals surface area contributed by atoms with Gasteiger partial charge in [-0.25, -0.2) is 13.1 Å². The molecule has 5 nitrogen and oxygen atoms in total. The van der Waals surface area contributed by atoms with E-state index < -0.39 is 15.6 Å². The Kier molecular flexibility index (Phi) is 5.35. The van der Waals surface area contributed by atoms with E-state index in [0.717, 1.165) is 18.4 Å². The summed E-state index contributed by atoms with van der Waals surface area (Å²) in [5.74, 6) is 0.474. The Morgan fingerprint density at radius 1 is 1.43 bits per heavy atom. The van der Waals surface area contributed by atoms with Crippen LogP contribution in [0.1, 0.15) is 38.2 Å². The van der Waals surface area contributed by atoms with Gasteiger partial charge < -0.3 is 5.11 Å². The molecule has 2 unspecified atom stereocenters. The number of hydrogen-bond acceptors (Lipinski definition) is 4. The maximum Gasteiger partial charge on any atom is 0.212 e. The van der Waals surface area contributed by atoms with E-state index in [1.54, 1.807) is 12.4 Å². The number of pyridine rings is 1. The minimum absolute atomic E-state index is 0.0349. The van der Waals surface area contributed by atoms with E-state index in [0.29, 0.717) is 25.2 Å². The molecule has 21 heavy (non-hydrogen) atoms. The van der Waals surface area contributed by atoms with Gasteiger partial charge in [-0.05, 0) is 42.9 Å². The number of sulfonamides is 1. The predicted octanol–water partition coefficient (Wildman–Crippen LogP) is 1.48. The quantitative estimate of drug-likeness (QED) is 0.834. The number of nitrogens with one attached hydrogen (secondary N) is 1. The van der Waals surface area contributed by atoms with Crippen LogP contribution in [0, 0.1) is 5.92 Å². The summed E-state index contributed by atoms with van der Waals surface area (Å²) in [4.78, 5) is 3.92. The number of aliphatic hydroxyl groups is 1. The summed E-state index contributed by atoms with van der Waals surface area (Å²) in [6.07, 6.45) is 7.24. The van der Waals surface area contributed by atoms with E-state index in [-0.39, 0.29) is 12.4 Å². The molecule has 1 aromatic rings. The zero-order valence-electron chi connectivity index (χ0n) is 12.5. The smallest absolute Gasteiger partial charge is 0.212 e. The van der Waals surface area contributed by atoms with E-state index in [4.69, 9.17) is 0 Å². The third kappa shape index (κ3) is 4.76. The molecule has 2 rings (SSSR count). The standard InChI is InChI=1S/C15H24N2O3S/c1-13-3-2-7-15(11-13,12-18)17-21(19,20)10-6-14-4-8-16-9-5-14/h4-5,8-9,13,17-18H,2-3,6-7,10-12H2,1H3. The zero-order valence-corrected chi connectivity index (χ0v) is 13.3. The Morgan fingerprint density at radius 2 is 2.14 bits per heavy atom. The first-order chi connectivity index (χ1) is 9.95. The number of hydrogen-bond donors (Lipinski definition) is 2. The summed E-state index contributed by atoms with van der Waals surface area (Å²) in [7, 11) is -3.40. The van der Waals surface area contributed by atoms with Crippen LogP contribution >= 0.6 is 0 Å². The molecular weight excluding hydrogens is 288 g/mol. The molecule has 0 bridgehead atoms. The normalized spacial score (nSPS) is 26.7. The van der Waals surface area contributed by atoms with Gasteiger partial charge in [0.25, 0.3) is 0 Å². The van der Waals surface area contributed by atoms with E-state index in [1.165, 1.54) is 0 Å². The van der Waals surface area contributed by atoms with Crippen molar-refractivity contribution in [1.82, 2.24) is 9.71 Å². The summed E-state index contributed by atoms with van der Waals surface area (Å²) in [5, 5.41) is 9.67. The second-order valence-corrected chi connectivity index (χ2v) is 8.01. The highest BCUT2D eigenvalue weighted by Gasteiger charge is 2.37. The van der Waals surface area contributed by atoms with Crippen molar-refractivity contribution in [3.05, 3.63) is 30.1 Å². The lowest BCUT2D eigenvalue weighted by Gasteiger charge is -2.39. The Balaban J connectivity index is 1.99. The summed E-state index contributed by atoms with van der Waals surface area (Å²) in [5.41, 5.74) is 0.278. The van der Waals surface area contributed by atoms with Gasteiger partial charge in [0, 0.05) is 12.4 Å². The maximum atomic E-state index is 12.3.